The van der Waals surface area contributed by atoms with E-state index in [4.69, 9.17) is 4.74 Å². The van der Waals surface area contributed by atoms with Gasteiger partial charge < -0.3 is 20.1 Å². The first kappa shape index (κ1) is 21.7. The van der Waals surface area contributed by atoms with Crippen LogP contribution in [0.1, 0.15) is 46.5 Å². The molecule has 0 unspecified atom stereocenters. The second-order valence-electron chi connectivity index (χ2n) is 9.48. The number of likely N-dealkylation sites (tertiary alicyclic amines) is 1. The van der Waals surface area contributed by atoms with Gasteiger partial charge in [0.25, 0.3) is 0 Å². The quantitative estimate of drug-likeness (QED) is 0.408. The molecule has 3 atom stereocenters. The van der Waals surface area contributed by atoms with Gasteiger partial charge in [-0.05, 0) is 75.1 Å². The number of nitrogens with zero attached hydrogens (tertiary/aromatic N) is 3. The summed E-state index contributed by atoms with van der Waals surface area (Å²) in [7, 11) is 0. The maximum atomic E-state index is 10.9. The zero-order valence-corrected chi connectivity index (χ0v) is 18.7. The van der Waals surface area contributed by atoms with Crippen LogP contribution in [0.3, 0.4) is 0 Å². The third kappa shape index (κ3) is 5.03. The average molecular weight is 426 g/mol. The zero-order chi connectivity index (χ0) is 22.0. The van der Waals surface area contributed by atoms with Crippen molar-refractivity contribution in [1.29, 1.82) is 0 Å². The molecule has 2 aliphatic heterocycles. The molecule has 0 aromatic heterocycles. The summed E-state index contributed by atoms with van der Waals surface area (Å²) in [5.74, 6) is 3.59. The summed E-state index contributed by atoms with van der Waals surface area (Å²) < 4.78 is 5.98. The average Bonchev–Trinajstić information content (AvgIpc) is 3.42. The van der Waals surface area contributed by atoms with Crippen LogP contribution < -0.4 is 5.43 Å². The molecule has 7 heteroatoms. The molecular weight excluding hydrogens is 392 g/mol. The topological polar surface area (TPSA) is 86.0 Å². The molecule has 0 spiro atoms. The van der Waals surface area contributed by atoms with E-state index in [-0.39, 0.29) is 5.71 Å². The van der Waals surface area contributed by atoms with Crippen LogP contribution in [0.5, 0.6) is 0 Å². The fraction of sp³-hybridized carbons (Fsp3) is 0.583. The van der Waals surface area contributed by atoms with Gasteiger partial charge in [0.15, 0.2) is 0 Å². The lowest BCUT2D eigenvalue weighted by Crippen LogP contribution is -2.36. The summed E-state index contributed by atoms with van der Waals surface area (Å²) in [4.78, 5) is 2.23. The molecule has 168 valence electrons. The van der Waals surface area contributed by atoms with Gasteiger partial charge in [-0.1, -0.05) is 25.5 Å². The summed E-state index contributed by atoms with van der Waals surface area (Å²) in [6.07, 6.45) is 13.4. The number of nitrogens with one attached hydrogen (secondary N) is 1. The molecular formula is C24H33N4O3-. The first-order valence-electron chi connectivity index (χ1n) is 11.4. The maximum Gasteiger partial charge on any atom is 0.222 e. The largest absolute Gasteiger partial charge is 0.612 e. The molecule has 0 amide bonds. The van der Waals surface area contributed by atoms with Crippen molar-refractivity contribution < 1.29 is 9.64 Å². The van der Waals surface area contributed by atoms with E-state index in [2.05, 4.69) is 42.3 Å². The fourth-order valence-electron chi connectivity index (χ4n) is 5.18. The van der Waals surface area contributed by atoms with Crippen LogP contribution in [0.15, 0.2) is 52.5 Å². The molecule has 4 aliphatic rings. The Morgan fingerprint density at radius 2 is 1.90 bits per heavy atom. The summed E-state index contributed by atoms with van der Waals surface area (Å²) in [6.45, 7) is 10.6. The highest BCUT2D eigenvalue weighted by Crippen LogP contribution is 2.40. The van der Waals surface area contributed by atoms with E-state index in [0.29, 0.717) is 35.5 Å². The Kier molecular flexibility index (Phi) is 6.51. The van der Waals surface area contributed by atoms with Crippen molar-refractivity contribution >= 4 is 11.6 Å². The SMILES string of the molecule is CC1=C[C@@H](CN2CCCC2)[C@H](C(C)C)C[C@H]1CC1=NNC(=C2C=CC(=[N+]([O-])[O-])C=C2)O1. The van der Waals surface area contributed by atoms with E-state index >= 15 is 0 Å². The third-order valence-corrected chi connectivity index (χ3v) is 7.01. The van der Waals surface area contributed by atoms with E-state index in [0.717, 1.165) is 18.4 Å². The summed E-state index contributed by atoms with van der Waals surface area (Å²) >= 11 is 0. The number of hydrogen-bond donors (Lipinski definition) is 1. The molecule has 1 saturated heterocycles. The van der Waals surface area contributed by atoms with Crippen LogP contribution in [0.25, 0.3) is 0 Å². The number of rotatable bonds is 5. The Hall–Kier alpha value is -2.54. The van der Waals surface area contributed by atoms with Crippen LogP contribution in [-0.2, 0) is 4.74 Å². The van der Waals surface area contributed by atoms with E-state index in [9.17, 15) is 10.4 Å². The molecule has 31 heavy (non-hydrogen) atoms. The fourth-order valence-corrected chi connectivity index (χ4v) is 5.18. The smallest absolute Gasteiger partial charge is 0.222 e. The summed E-state index contributed by atoms with van der Waals surface area (Å²) in [6, 6.07) is 0. The minimum atomic E-state index is -0.403. The van der Waals surface area contributed by atoms with Crippen LogP contribution >= 0.6 is 0 Å². The van der Waals surface area contributed by atoms with E-state index < -0.39 is 4.90 Å². The summed E-state index contributed by atoms with van der Waals surface area (Å²) in [5, 5.41) is 26.1. The van der Waals surface area contributed by atoms with E-state index in [1.165, 1.54) is 50.2 Å². The Labute approximate surface area is 184 Å². The molecule has 0 saturated carbocycles. The first-order chi connectivity index (χ1) is 14.9. The predicted octanol–water partition coefficient (Wildman–Crippen LogP) is 4.05. The van der Waals surface area contributed by atoms with Crippen molar-refractivity contribution in [1.82, 2.24) is 10.3 Å². The standard InChI is InChI=1S/C24H33N4O3/c1-16(2)22-13-19(17(3)12-20(22)15-27-10-4-5-11-27)14-23-25-26-24(31-23)18-6-8-21(9-7-18)28(29)30/h6-9,12,16,19-20,22,26H,4-5,10-11,13-15H2,1-3H3/q-1/t19-,20-,22-/m0/s1. The number of hydrazone groups is 1. The predicted molar refractivity (Wildman–Crippen MR) is 123 cm³/mol. The second-order valence-corrected chi connectivity index (χ2v) is 9.48. The van der Waals surface area contributed by atoms with Crippen LogP contribution in [0, 0.1) is 34.1 Å². The number of allylic oxidation sites excluding steroid dienone is 6. The molecule has 1 N–H and O–H groups in total. The molecule has 4 rings (SSSR count). The van der Waals surface area contributed by atoms with Crippen molar-refractivity contribution in [2.45, 2.75) is 46.5 Å². The molecule has 1 fully saturated rings. The van der Waals surface area contributed by atoms with Crippen molar-refractivity contribution in [2.75, 3.05) is 19.6 Å². The Morgan fingerprint density at radius 1 is 1.19 bits per heavy atom. The third-order valence-electron chi connectivity index (χ3n) is 7.01. The second kappa shape index (κ2) is 9.30. The molecule has 2 aliphatic carbocycles. The molecule has 0 bridgehead atoms. The normalized spacial score (nSPS) is 28.6. The van der Waals surface area contributed by atoms with Gasteiger partial charge in [-0.3, -0.25) is 0 Å². The summed E-state index contributed by atoms with van der Waals surface area (Å²) in [5.41, 5.74) is 5.21. The highest BCUT2D eigenvalue weighted by atomic mass is 16.8. The van der Waals surface area contributed by atoms with Crippen molar-refractivity contribution in [2.24, 2.45) is 28.8 Å². The van der Waals surface area contributed by atoms with Crippen molar-refractivity contribution in [3.05, 3.63) is 57.8 Å². The van der Waals surface area contributed by atoms with Crippen LogP contribution in [0.4, 0.5) is 0 Å². The minimum Gasteiger partial charge on any atom is -0.612 e. The van der Waals surface area contributed by atoms with Crippen LogP contribution in [0.2, 0.25) is 0 Å². The molecule has 0 radical (unpaired) electrons. The molecule has 0 aromatic carbocycles. The molecule has 2 heterocycles. The Morgan fingerprint density at radius 3 is 2.55 bits per heavy atom. The minimum absolute atomic E-state index is 0.0645. The lowest BCUT2D eigenvalue weighted by atomic mass is 9.69. The van der Waals surface area contributed by atoms with Crippen LogP contribution in [-0.4, -0.2) is 41.0 Å². The van der Waals surface area contributed by atoms with Gasteiger partial charge in [-0.15, -0.1) is 5.10 Å². The number of ether oxygens (including phenoxy) is 1. The van der Waals surface area contributed by atoms with Crippen molar-refractivity contribution in [3.8, 4) is 0 Å². The first-order valence-corrected chi connectivity index (χ1v) is 11.4. The van der Waals surface area contributed by atoms with Gasteiger partial charge in [0, 0.05) is 30.7 Å². The molecule has 7 nitrogen and oxygen atoms in total. The van der Waals surface area contributed by atoms with Gasteiger partial charge in [-0.25, -0.2) is 5.43 Å². The lowest BCUT2D eigenvalue weighted by molar-refractivity contribution is -0.377. The van der Waals surface area contributed by atoms with Gasteiger partial charge in [0.05, 0.1) is 0 Å². The van der Waals surface area contributed by atoms with E-state index in [1.807, 2.05) is 0 Å². The van der Waals surface area contributed by atoms with Gasteiger partial charge in [0.1, 0.15) is 0 Å². The lowest BCUT2D eigenvalue weighted by Gasteiger charge is -2.38. The monoisotopic (exact) mass is 425 g/mol. The highest BCUT2D eigenvalue weighted by Gasteiger charge is 2.34. The molecule has 0 aromatic rings. The zero-order valence-electron chi connectivity index (χ0n) is 18.7. The Balaban J connectivity index is 1.40. The highest BCUT2D eigenvalue weighted by molar-refractivity contribution is 6.02. The van der Waals surface area contributed by atoms with E-state index in [1.54, 1.807) is 12.2 Å². The Bertz CT molecular complexity index is 853. The van der Waals surface area contributed by atoms with Gasteiger partial charge in [0.2, 0.25) is 17.5 Å². The van der Waals surface area contributed by atoms with Gasteiger partial charge >= 0.3 is 0 Å². The number of hydrogen-bond acceptors (Lipinski definition) is 6. The van der Waals surface area contributed by atoms with Gasteiger partial charge in [-0.2, -0.15) is 4.90 Å². The maximum absolute atomic E-state index is 10.9. The van der Waals surface area contributed by atoms with Crippen molar-refractivity contribution in [3.63, 3.8) is 0 Å².